The number of hydrogen-bond acceptors (Lipinski definition) is 3. The molecule has 1 aliphatic heterocycles. The Morgan fingerprint density at radius 1 is 1.29 bits per heavy atom. The molecule has 1 atom stereocenters. The molecule has 1 saturated heterocycles. The number of piperidine rings is 1. The maximum Gasteiger partial charge on any atom is 0.00218 e. The van der Waals surface area contributed by atoms with Crippen LogP contribution in [0.5, 0.6) is 0 Å². The van der Waals surface area contributed by atoms with Gasteiger partial charge in [-0.15, -0.1) is 0 Å². The third-order valence-corrected chi connectivity index (χ3v) is 4.41. The van der Waals surface area contributed by atoms with E-state index in [9.17, 15) is 0 Å². The molecular weight excluding hydrogens is 228 g/mol. The molecule has 17 heavy (non-hydrogen) atoms. The molecule has 1 aliphatic rings. The van der Waals surface area contributed by atoms with Crippen molar-refractivity contribution >= 4 is 11.8 Å². The minimum atomic E-state index is 0.897. The fourth-order valence-corrected chi connectivity index (χ4v) is 3.21. The van der Waals surface area contributed by atoms with E-state index in [0.717, 1.165) is 5.92 Å². The van der Waals surface area contributed by atoms with Gasteiger partial charge in [0.05, 0.1) is 0 Å². The second-order valence-corrected chi connectivity index (χ2v) is 6.46. The van der Waals surface area contributed by atoms with Gasteiger partial charge in [-0.2, -0.15) is 11.8 Å². The molecule has 0 aromatic rings. The van der Waals surface area contributed by atoms with Crippen molar-refractivity contribution in [2.24, 2.45) is 5.92 Å². The third-order valence-electron chi connectivity index (χ3n) is 3.42. The molecule has 0 aliphatic carbocycles. The second kappa shape index (κ2) is 10.2. The molecule has 2 nitrogen and oxygen atoms in total. The van der Waals surface area contributed by atoms with Crippen molar-refractivity contribution in [1.29, 1.82) is 0 Å². The van der Waals surface area contributed by atoms with Crippen LogP contribution in [0.4, 0.5) is 0 Å². The Hall–Kier alpha value is 0.270. The molecule has 1 N–H and O–H groups in total. The van der Waals surface area contributed by atoms with Crippen molar-refractivity contribution in [1.82, 2.24) is 10.2 Å². The van der Waals surface area contributed by atoms with Crippen LogP contribution in [0.25, 0.3) is 0 Å². The Morgan fingerprint density at radius 2 is 2.18 bits per heavy atom. The first kappa shape index (κ1) is 15.3. The number of nitrogens with zero attached hydrogens (tertiary/aromatic N) is 1. The molecule has 1 unspecified atom stereocenters. The van der Waals surface area contributed by atoms with Gasteiger partial charge in [-0.1, -0.05) is 13.8 Å². The molecule has 1 rings (SSSR count). The SMILES string of the molecule is CCCN(CCCSCC)CC1CCCNC1. The van der Waals surface area contributed by atoms with Gasteiger partial charge in [0, 0.05) is 6.54 Å². The van der Waals surface area contributed by atoms with Gasteiger partial charge in [-0.3, -0.25) is 0 Å². The first-order chi connectivity index (χ1) is 8.36. The molecule has 0 radical (unpaired) electrons. The summed E-state index contributed by atoms with van der Waals surface area (Å²) in [6.45, 7) is 10.9. The third kappa shape index (κ3) is 7.32. The smallest absolute Gasteiger partial charge is 0.00218 e. The van der Waals surface area contributed by atoms with Gasteiger partial charge in [0.1, 0.15) is 0 Å². The van der Waals surface area contributed by atoms with Crippen LogP contribution in [-0.2, 0) is 0 Å². The van der Waals surface area contributed by atoms with E-state index in [1.165, 1.54) is 69.9 Å². The summed E-state index contributed by atoms with van der Waals surface area (Å²) < 4.78 is 0. The van der Waals surface area contributed by atoms with E-state index < -0.39 is 0 Å². The number of thioether (sulfide) groups is 1. The van der Waals surface area contributed by atoms with Crippen molar-refractivity contribution in [2.75, 3.05) is 44.2 Å². The normalized spacial score (nSPS) is 21.0. The average molecular weight is 258 g/mol. The molecule has 1 fully saturated rings. The monoisotopic (exact) mass is 258 g/mol. The standard InChI is InChI=1S/C14H30N2S/c1-3-9-16(10-6-11-17-4-2)13-14-7-5-8-15-12-14/h14-15H,3-13H2,1-2H3. The van der Waals surface area contributed by atoms with Crippen LogP contribution >= 0.6 is 11.8 Å². The van der Waals surface area contributed by atoms with E-state index in [1.807, 2.05) is 0 Å². The zero-order chi connectivity index (χ0) is 12.3. The number of hydrogen-bond donors (Lipinski definition) is 1. The van der Waals surface area contributed by atoms with Crippen LogP contribution in [0.3, 0.4) is 0 Å². The van der Waals surface area contributed by atoms with E-state index in [2.05, 4.69) is 35.8 Å². The maximum atomic E-state index is 3.53. The molecular formula is C14H30N2S. The van der Waals surface area contributed by atoms with E-state index in [0.29, 0.717) is 0 Å². The summed E-state index contributed by atoms with van der Waals surface area (Å²) in [7, 11) is 0. The Labute approximate surface area is 112 Å². The van der Waals surface area contributed by atoms with Crippen molar-refractivity contribution in [3.8, 4) is 0 Å². The molecule has 0 saturated carbocycles. The quantitative estimate of drug-likeness (QED) is 0.640. The fraction of sp³-hybridized carbons (Fsp3) is 1.00. The Bertz CT molecular complexity index is 170. The minimum Gasteiger partial charge on any atom is -0.316 e. The lowest BCUT2D eigenvalue weighted by Crippen LogP contribution is -2.39. The zero-order valence-corrected chi connectivity index (χ0v) is 12.5. The van der Waals surface area contributed by atoms with E-state index in [1.54, 1.807) is 0 Å². The summed E-state index contributed by atoms with van der Waals surface area (Å²) >= 11 is 2.08. The van der Waals surface area contributed by atoms with E-state index >= 15 is 0 Å². The molecule has 3 heteroatoms. The van der Waals surface area contributed by atoms with Crippen LogP contribution < -0.4 is 5.32 Å². The summed E-state index contributed by atoms with van der Waals surface area (Å²) in [5.41, 5.74) is 0. The first-order valence-electron chi connectivity index (χ1n) is 7.37. The summed E-state index contributed by atoms with van der Waals surface area (Å²) in [5.74, 6) is 3.49. The predicted molar refractivity (Wildman–Crippen MR) is 79.9 cm³/mol. The summed E-state index contributed by atoms with van der Waals surface area (Å²) in [4.78, 5) is 2.69. The largest absolute Gasteiger partial charge is 0.316 e. The Kier molecular flexibility index (Phi) is 9.21. The highest BCUT2D eigenvalue weighted by Crippen LogP contribution is 2.13. The van der Waals surface area contributed by atoms with Gasteiger partial charge < -0.3 is 10.2 Å². The van der Waals surface area contributed by atoms with Crippen molar-refractivity contribution in [2.45, 2.75) is 39.5 Å². The topological polar surface area (TPSA) is 15.3 Å². The fourth-order valence-electron chi connectivity index (χ4n) is 2.59. The highest BCUT2D eigenvalue weighted by atomic mass is 32.2. The maximum absolute atomic E-state index is 3.53. The lowest BCUT2D eigenvalue weighted by molar-refractivity contribution is 0.209. The Balaban J connectivity index is 2.16. The lowest BCUT2D eigenvalue weighted by Gasteiger charge is -2.30. The summed E-state index contributed by atoms with van der Waals surface area (Å²) in [5, 5.41) is 3.53. The van der Waals surface area contributed by atoms with Gasteiger partial charge in [0.15, 0.2) is 0 Å². The van der Waals surface area contributed by atoms with Crippen LogP contribution in [-0.4, -0.2) is 49.1 Å². The van der Waals surface area contributed by atoms with Crippen LogP contribution in [0.15, 0.2) is 0 Å². The van der Waals surface area contributed by atoms with E-state index in [4.69, 9.17) is 0 Å². The second-order valence-electron chi connectivity index (χ2n) is 5.06. The molecule has 0 aromatic heterocycles. The molecule has 102 valence electrons. The van der Waals surface area contributed by atoms with Crippen LogP contribution in [0.1, 0.15) is 39.5 Å². The van der Waals surface area contributed by atoms with Crippen LogP contribution in [0.2, 0.25) is 0 Å². The zero-order valence-electron chi connectivity index (χ0n) is 11.7. The van der Waals surface area contributed by atoms with Crippen molar-refractivity contribution in [3.05, 3.63) is 0 Å². The Morgan fingerprint density at radius 3 is 2.82 bits per heavy atom. The summed E-state index contributed by atoms with van der Waals surface area (Å²) in [6.07, 6.45) is 5.45. The summed E-state index contributed by atoms with van der Waals surface area (Å²) in [6, 6.07) is 0. The average Bonchev–Trinajstić information content (AvgIpc) is 2.36. The molecule has 1 heterocycles. The highest BCUT2D eigenvalue weighted by Gasteiger charge is 2.16. The van der Waals surface area contributed by atoms with Gasteiger partial charge in [0.25, 0.3) is 0 Å². The molecule has 0 aromatic carbocycles. The van der Waals surface area contributed by atoms with Crippen molar-refractivity contribution in [3.63, 3.8) is 0 Å². The molecule has 0 bridgehead atoms. The number of rotatable bonds is 9. The van der Waals surface area contributed by atoms with Gasteiger partial charge in [-0.25, -0.2) is 0 Å². The van der Waals surface area contributed by atoms with Gasteiger partial charge in [0.2, 0.25) is 0 Å². The van der Waals surface area contributed by atoms with Gasteiger partial charge in [-0.05, 0) is 69.3 Å². The van der Waals surface area contributed by atoms with Crippen LogP contribution in [0, 0.1) is 5.92 Å². The number of nitrogens with one attached hydrogen (secondary N) is 1. The first-order valence-corrected chi connectivity index (χ1v) is 8.53. The molecule has 0 spiro atoms. The predicted octanol–water partition coefficient (Wildman–Crippen LogP) is 2.84. The van der Waals surface area contributed by atoms with Gasteiger partial charge >= 0.3 is 0 Å². The molecule has 0 amide bonds. The van der Waals surface area contributed by atoms with Crippen molar-refractivity contribution < 1.29 is 0 Å². The highest BCUT2D eigenvalue weighted by molar-refractivity contribution is 7.99. The van der Waals surface area contributed by atoms with E-state index in [-0.39, 0.29) is 0 Å². The minimum absolute atomic E-state index is 0.897. The lowest BCUT2D eigenvalue weighted by atomic mass is 9.99.